The van der Waals surface area contributed by atoms with Crippen LogP contribution in [0, 0.1) is 0 Å². The second-order valence-electron chi connectivity index (χ2n) is 6.99. The molecule has 0 saturated carbocycles. The van der Waals surface area contributed by atoms with Gasteiger partial charge in [-0.25, -0.2) is 4.98 Å². The molecule has 0 N–H and O–H groups in total. The van der Waals surface area contributed by atoms with Gasteiger partial charge in [-0.2, -0.15) is 0 Å². The van der Waals surface area contributed by atoms with Crippen LogP contribution in [0.1, 0.15) is 29.6 Å². The van der Waals surface area contributed by atoms with Crippen LogP contribution in [0.4, 0.5) is 0 Å². The summed E-state index contributed by atoms with van der Waals surface area (Å²) in [6.45, 7) is 1.60. The van der Waals surface area contributed by atoms with E-state index < -0.39 is 0 Å². The SMILES string of the molecule is COc1ccc(-c2cnc(-c3ccccc3C(=O)N3CCCCC3)o2)c(OC)c1. The Hall–Kier alpha value is -3.28. The fourth-order valence-electron chi connectivity index (χ4n) is 3.65. The molecular formula is C23H24N2O4. The second kappa shape index (κ2) is 8.39. The van der Waals surface area contributed by atoms with E-state index in [0.717, 1.165) is 31.5 Å². The van der Waals surface area contributed by atoms with E-state index in [4.69, 9.17) is 13.9 Å². The third-order valence-electron chi connectivity index (χ3n) is 5.21. The van der Waals surface area contributed by atoms with E-state index in [1.165, 1.54) is 6.42 Å². The molecule has 0 spiro atoms. The Balaban J connectivity index is 1.68. The lowest BCUT2D eigenvalue weighted by Crippen LogP contribution is -2.35. The molecule has 1 aliphatic heterocycles. The molecular weight excluding hydrogens is 368 g/mol. The molecule has 0 bridgehead atoms. The average molecular weight is 392 g/mol. The second-order valence-corrected chi connectivity index (χ2v) is 6.99. The number of carbonyl (C=O) groups excluding carboxylic acids is 1. The number of carbonyl (C=O) groups is 1. The van der Waals surface area contributed by atoms with Gasteiger partial charge in [-0.05, 0) is 43.5 Å². The van der Waals surface area contributed by atoms with E-state index in [9.17, 15) is 4.79 Å². The minimum Gasteiger partial charge on any atom is -0.497 e. The number of benzene rings is 2. The van der Waals surface area contributed by atoms with Crippen molar-refractivity contribution in [2.45, 2.75) is 19.3 Å². The van der Waals surface area contributed by atoms with Crippen LogP contribution in [-0.4, -0.2) is 43.1 Å². The van der Waals surface area contributed by atoms with Gasteiger partial charge in [-0.15, -0.1) is 0 Å². The fraction of sp³-hybridized carbons (Fsp3) is 0.304. The quantitative estimate of drug-likeness (QED) is 0.632. The number of rotatable bonds is 5. The highest BCUT2D eigenvalue weighted by molar-refractivity contribution is 6.00. The zero-order chi connectivity index (χ0) is 20.2. The number of methoxy groups -OCH3 is 2. The van der Waals surface area contributed by atoms with Gasteiger partial charge in [-0.1, -0.05) is 12.1 Å². The van der Waals surface area contributed by atoms with Crippen LogP contribution in [-0.2, 0) is 0 Å². The Morgan fingerprint density at radius 3 is 2.55 bits per heavy atom. The fourth-order valence-corrected chi connectivity index (χ4v) is 3.65. The summed E-state index contributed by atoms with van der Waals surface area (Å²) < 4.78 is 16.8. The van der Waals surface area contributed by atoms with Crippen molar-refractivity contribution in [1.82, 2.24) is 9.88 Å². The number of amides is 1. The van der Waals surface area contributed by atoms with Crippen LogP contribution in [0.25, 0.3) is 22.8 Å². The number of ether oxygens (including phenoxy) is 2. The number of piperidine rings is 1. The lowest BCUT2D eigenvalue weighted by atomic mass is 10.0. The topological polar surface area (TPSA) is 64.8 Å². The first-order chi connectivity index (χ1) is 14.2. The van der Waals surface area contributed by atoms with Crippen molar-refractivity contribution in [1.29, 1.82) is 0 Å². The highest BCUT2D eigenvalue weighted by Gasteiger charge is 2.23. The maximum Gasteiger partial charge on any atom is 0.254 e. The molecule has 0 radical (unpaired) electrons. The van der Waals surface area contributed by atoms with Gasteiger partial charge >= 0.3 is 0 Å². The molecule has 1 amide bonds. The molecule has 6 nitrogen and oxygen atoms in total. The van der Waals surface area contributed by atoms with Crippen LogP contribution >= 0.6 is 0 Å². The van der Waals surface area contributed by atoms with Crippen LogP contribution in [0.2, 0.25) is 0 Å². The smallest absolute Gasteiger partial charge is 0.254 e. The minimum absolute atomic E-state index is 0.0297. The molecule has 2 heterocycles. The summed E-state index contributed by atoms with van der Waals surface area (Å²) in [5, 5.41) is 0. The molecule has 29 heavy (non-hydrogen) atoms. The van der Waals surface area contributed by atoms with Gasteiger partial charge in [0.25, 0.3) is 5.91 Å². The summed E-state index contributed by atoms with van der Waals surface area (Å²) in [5.74, 6) is 2.34. The zero-order valence-corrected chi connectivity index (χ0v) is 16.7. The highest BCUT2D eigenvalue weighted by Crippen LogP contribution is 2.36. The summed E-state index contributed by atoms with van der Waals surface area (Å²) in [7, 11) is 3.21. The monoisotopic (exact) mass is 392 g/mol. The molecule has 4 rings (SSSR count). The third kappa shape index (κ3) is 3.83. The number of likely N-dealkylation sites (tertiary alicyclic amines) is 1. The molecule has 2 aromatic carbocycles. The Morgan fingerprint density at radius 2 is 1.79 bits per heavy atom. The van der Waals surface area contributed by atoms with E-state index in [1.54, 1.807) is 26.5 Å². The summed E-state index contributed by atoms with van der Waals surface area (Å²) in [5.41, 5.74) is 2.08. The normalized spacial score (nSPS) is 13.9. The van der Waals surface area contributed by atoms with Gasteiger partial charge in [0, 0.05) is 24.7 Å². The van der Waals surface area contributed by atoms with Gasteiger partial charge in [0.15, 0.2) is 5.76 Å². The maximum absolute atomic E-state index is 13.1. The van der Waals surface area contributed by atoms with Crippen molar-refractivity contribution < 1.29 is 18.7 Å². The summed E-state index contributed by atoms with van der Waals surface area (Å²) in [4.78, 5) is 19.4. The molecule has 0 aliphatic carbocycles. The Morgan fingerprint density at radius 1 is 1.00 bits per heavy atom. The molecule has 150 valence electrons. The zero-order valence-electron chi connectivity index (χ0n) is 16.7. The molecule has 0 atom stereocenters. The minimum atomic E-state index is 0.0297. The van der Waals surface area contributed by atoms with E-state index in [2.05, 4.69) is 4.98 Å². The lowest BCUT2D eigenvalue weighted by Gasteiger charge is -2.27. The standard InChI is InChI=1S/C23H24N2O4/c1-27-16-10-11-19(20(14-16)28-2)21-15-24-22(29-21)17-8-4-5-9-18(17)23(26)25-12-6-3-7-13-25/h4-5,8-11,14-15H,3,6-7,12-13H2,1-2H3. The number of oxazole rings is 1. The molecule has 6 heteroatoms. The van der Waals surface area contributed by atoms with Gasteiger partial charge in [0.1, 0.15) is 11.5 Å². The van der Waals surface area contributed by atoms with Crippen LogP contribution in [0.15, 0.2) is 53.1 Å². The lowest BCUT2D eigenvalue weighted by molar-refractivity contribution is 0.0725. The summed E-state index contributed by atoms with van der Waals surface area (Å²) >= 11 is 0. The molecule has 0 unspecified atom stereocenters. The first-order valence-electron chi connectivity index (χ1n) is 9.78. The third-order valence-corrected chi connectivity index (χ3v) is 5.21. The van der Waals surface area contributed by atoms with E-state index in [1.807, 2.05) is 41.3 Å². The summed E-state index contributed by atoms with van der Waals surface area (Å²) in [6, 6.07) is 13.0. The molecule has 1 aliphatic rings. The van der Waals surface area contributed by atoms with E-state index in [-0.39, 0.29) is 5.91 Å². The number of aromatic nitrogens is 1. The maximum atomic E-state index is 13.1. The first kappa shape index (κ1) is 19.1. The van der Waals surface area contributed by atoms with Crippen LogP contribution in [0.5, 0.6) is 11.5 Å². The predicted octanol–water partition coefficient (Wildman–Crippen LogP) is 4.65. The Kier molecular flexibility index (Phi) is 5.51. The Bertz CT molecular complexity index is 1010. The van der Waals surface area contributed by atoms with Crippen molar-refractivity contribution in [3.8, 4) is 34.3 Å². The van der Waals surface area contributed by atoms with Crippen molar-refractivity contribution in [3.63, 3.8) is 0 Å². The van der Waals surface area contributed by atoms with Gasteiger partial charge in [0.05, 0.1) is 31.5 Å². The van der Waals surface area contributed by atoms with Crippen molar-refractivity contribution >= 4 is 5.91 Å². The largest absolute Gasteiger partial charge is 0.497 e. The van der Waals surface area contributed by atoms with Gasteiger partial charge < -0.3 is 18.8 Å². The van der Waals surface area contributed by atoms with Gasteiger partial charge in [-0.3, -0.25) is 4.79 Å². The molecule has 1 aromatic heterocycles. The molecule has 1 saturated heterocycles. The van der Waals surface area contributed by atoms with Crippen LogP contribution < -0.4 is 9.47 Å². The number of nitrogens with zero attached hydrogens (tertiary/aromatic N) is 2. The van der Waals surface area contributed by atoms with Crippen molar-refractivity contribution in [3.05, 3.63) is 54.2 Å². The van der Waals surface area contributed by atoms with E-state index >= 15 is 0 Å². The molecule has 3 aromatic rings. The molecule has 1 fully saturated rings. The van der Waals surface area contributed by atoms with Gasteiger partial charge in [0.2, 0.25) is 5.89 Å². The summed E-state index contributed by atoms with van der Waals surface area (Å²) in [6.07, 6.45) is 4.93. The predicted molar refractivity (Wildman–Crippen MR) is 110 cm³/mol. The van der Waals surface area contributed by atoms with Crippen molar-refractivity contribution in [2.75, 3.05) is 27.3 Å². The van der Waals surface area contributed by atoms with Crippen LogP contribution in [0.3, 0.4) is 0 Å². The number of hydrogen-bond donors (Lipinski definition) is 0. The number of hydrogen-bond acceptors (Lipinski definition) is 5. The highest BCUT2D eigenvalue weighted by atomic mass is 16.5. The van der Waals surface area contributed by atoms with E-state index in [0.29, 0.717) is 34.3 Å². The Labute approximate surface area is 170 Å². The average Bonchev–Trinajstić information content (AvgIpc) is 3.28. The first-order valence-corrected chi connectivity index (χ1v) is 9.78. The van der Waals surface area contributed by atoms with Crippen molar-refractivity contribution in [2.24, 2.45) is 0 Å².